The number of likely N-dealkylation sites (N-methyl/N-ethyl adjacent to an activating group) is 1. The molecule has 0 aliphatic rings. The molecule has 1 unspecified atom stereocenters. The van der Waals surface area contributed by atoms with E-state index < -0.39 is 0 Å². The molecule has 1 aromatic carbocycles. The predicted molar refractivity (Wildman–Crippen MR) is 76.1 cm³/mol. The van der Waals surface area contributed by atoms with Crippen LogP contribution in [0.5, 0.6) is 0 Å². The van der Waals surface area contributed by atoms with E-state index in [4.69, 9.17) is 0 Å². The summed E-state index contributed by atoms with van der Waals surface area (Å²) < 4.78 is 1.66. The lowest BCUT2D eigenvalue weighted by molar-refractivity contribution is 0.461. The highest BCUT2D eigenvalue weighted by atomic mass is 16.1. The largest absolute Gasteiger partial charge is 0.347 e. The molecule has 0 aliphatic carbocycles. The average molecular weight is 257 g/mol. The summed E-state index contributed by atoms with van der Waals surface area (Å²) >= 11 is 0. The normalized spacial score (nSPS) is 12.3. The van der Waals surface area contributed by atoms with Crippen molar-refractivity contribution in [3.8, 4) is 0 Å². The molecule has 19 heavy (non-hydrogen) atoms. The zero-order chi connectivity index (χ0) is 13.7. The molecule has 0 spiro atoms. The Hall–Kier alpha value is -1.94. The molecule has 100 valence electrons. The number of hydrogen-bond acceptors (Lipinski definition) is 3. The Bertz CT molecular complexity index is 577. The minimum atomic E-state index is -0.204. The van der Waals surface area contributed by atoms with Gasteiger partial charge in [0, 0.05) is 18.9 Å². The van der Waals surface area contributed by atoms with Crippen molar-refractivity contribution in [1.29, 1.82) is 0 Å². The van der Waals surface area contributed by atoms with E-state index in [1.54, 1.807) is 10.8 Å². The third kappa shape index (κ3) is 3.51. The van der Waals surface area contributed by atoms with Crippen molar-refractivity contribution in [3.05, 3.63) is 64.3 Å². The maximum absolute atomic E-state index is 11.8. The second-order valence-electron chi connectivity index (χ2n) is 4.59. The summed E-state index contributed by atoms with van der Waals surface area (Å²) in [7, 11) is 0. The van der Waals surface area contributed by atoms with Crippen LogP contribution in [0.3, 0.4) is 0 Å². The molecule has 0 amide bonds. The zero-order valence-corrected chi connectivity index (χ0v) is 11.3. The fourth-order valence-electron chi connectivity index (χ4n) is 2.11. The van der Waals surface area contributed by atoms with Crippen LogP contribution in [0.4, 0.5) is 0 Å². The second kappa shape index (κ2) is 6.29. The molecule has 4 nitrogen and oxygen atoms in total. The van der Waals surface area contributed by atoms with Gasteiger partial charge >= 0.3 is 5.69 Å². The van der Waals surface area contributed by atoms with E-state index in [0.29, 0.717) is 6.54 Å². The lowest BCUT2D eigenvalue weighted by Crippen LogP contribution is -2.31. The maximum Gasteiger partial charge on any atom is 0.347 e. The van der Waals surface area contributed by atoms with E-state index >= 15 is 0 Å². The summed E-state index contributed by atoms with van der Waals surface area (Å²) in [4.78, 5) is 15.6. The molecule has 1 heterocycles. The highest BCUT2D eigenvalue weighted by molar-refractivity contribution is 5.19. The van der Waals surface area contributed by atoms with Crippen molar-refractivity contribution in [1.82, 2.24) is 14.9 Å². The SMILES string of the molecule is CCNC(Cn1cc(C)cnc1=O)c1ccccc1. The zero-order valence-electron chi connectivity index (χ0n) is 11.3. The van der Waals surface area contributed by atoms with Crippen LogP contribution in [0.15, 0.2) is 47.5 Å². The first-order valence-corrected chi connectivity index (χ1v) is 6.52. The summed E-state index contributed by atoms with van der Waals surface area (Å²) in [6.45, 7) is 5.44. The van der Waals surface area contributed by atoms with Crippen LogP contribution in [-0.2, 0) is 6.54 Å². The predicted octanol–water partition coefficient (Wildman–Crippen LogP) is 1.90. The van der Waals surface area contributed by atoms with Crippen molar-refractivity contribution in [2.45, 2.75) is 26.4 Å². The summed E-state index contributed by atoms with van der Waals surface area (Å²) in [5.41, 5.74) is 1.96. The minimum Gasteiger partial charge on any atom is -0.309 e. The van der Waals surface area contributed by atoms with E-state index in [1.807, 2.05) is 31.3 Å². The van der Waals surface area contributed by atoms with Crippen LogP contribution in [-0.4, -0.2) is 16.1 Å². The van der Waals surface area contributed by atoms with Crippen LogP contribution in [0.25, 0.3) is 0 Å². The smallest absolute Gasteiger partial charge is 0.309 e. The van der Waals surface area contributed by atoms with Gasteiger partial charge in [-0.15, -0.1) is 0 Å². The Morgan fingerprint density at radius 1 is 1.32 bits per heavy atom. The molecule has 0 saturated heterocycles. The van der Waals surface area contributed by atoms with Gasteiger partial charge in [-0.1, -0.05) is 37.3 Å². The first-order valence-electron chi connectivity index (χ1n) is 6.52. The van der Waals surface area contributed by atoms with Crippen LogP contribution in [0, 0.1) is 6.92 Å². The molecule has 0 aliphatic heterocycles. The fraction of sp³-hybridized carbons (Fsp3) is 0.333. The quantitative estimate of drug-likeness (QED) is 0.890. The first kappa shape index (κ1) is 13.5. The van der Waals surface area contributed by atoms with Crippen LogP contribution < -0.4 is 11.0 Å². The Kier molecular flexibility index (Phi) is 4.47. The Balaban J connectivity index is 2.26. The Morgan fingerprint density at radius 3 is 2.74 bits per heavy atom. The van der Waals surface area contributed by atoms with Gasteiger partial charge < -0.3 is 5.32 Å². The van der Waals surface area contributed by atoms with Crippen molar-refractivity contribution in [3.63, 3.8) is 0 Å². The lowest BCUT2D eigenvalue weighted by Gasteiger charge is -2.19. The van der Waals surface area contributed by atoms with E-state index in [1.165, 1.54) is 5.56 Å². The highest BCUT2D eigenvalue weighted by Crippen LogP contribution is 2.14. The molecule has 2 aromatic rings. The number of nitrogens with one attached hydrogen (secondary N) is 1. The third-order valence-electron chi connectivity index (χ3n) is 3.02. The van der Waals surface area contributed by atoms with Crippen molar-refractivity contribution in [2.24, 2.45) is 0 Å². The first-order chi connectivity index (χ1) is 9.20. The maximum atomic E-state index is 11.8. The number of rotatable bonds is 5. The lowest BCUT2D eigenvalue weighted by atomic mass is 10.1. The van der Waals surface area contributed by atoms with Gasteiger partial charge in [-0.3, -0.25) is 4.57 Å². The van der Waals surface area contributed by atoms with Crippen LogP contribution in [0.1, 0.15) is 24.1 Å². The van der Waals surface area contributed by atoms with Gasteiger partial charge in [-0.05, 0) is 24.6 Å². The molecule has 0 saturated carbocycles. The standard InChI is InChI=1S/C15H19N3O/c1-3-16-14(13-7-5-4-6-8-13)11-18-10-12(2)9-17-15(18)19/h4-10,14,16H,3,11H2,1-2H3. The number of benzene rings is 1. The number of aromatic nitrogens is 2. The molecule has 0 bridgehead atoms. The van der Waals surface area contributed by atoms with Gasteiger partial charge in [0.25, 0.3) is 0 Å². The summed E-state index contributed by atoms with van der Waals surface area (Å²) in [6, 6.07) is 10.3. The van der Waals surface area contributed by atoms with Crippen molar-refractivity contribution in [2.75, 3.05) is 6.54 Å². The molecule has 1 aromatic heterocycles. The van der Waals surface area contributed by atoms with Crippen LogP contribution >= 0.6 is 0 Å². The number of nitrogens with zero attached hydrogens (tertiary/aromatic N) is 2. The van der Waals surface area contributed by atoms with Crippen molar-refractivity contribution < 1.29 is 0 Å². The second-order valence-corrected chi connectivity index (χ2v) is 4.59. The number of aryl methyl sites for hydroxylation is 1. The third-order valence-corrected chi connectivity index (χ3v) is 3.02. The Labute approximate surface area is 113 Å². The molecule has 1 N–H and O–H groups in total. The molecule has 0 fully saturated rings. The van der Waals surface area contributed by atoms with E-state index in [2.05, 4.69) is 29.4 Å². The van der Waals surface area contributed by atoms with Gasteiger partial charge in [0.2, 0.25) is 0 Å². The average Bonchev–Trinajstić information content (AvgIpc) is 2.43. The molecule has 0 radical (unpaired) electrons. The molecular weight excluding hydrogens is 238 g/mol. The van der Waals surface area contributed by atoms with Gasteiger partial charge in [-0.25, -0.2) is 9.78 Å². The summed E-state index contributed by atoms with van der Waals surface area (Å²) in [5, 5.41) is 3.41. The summed E-state index contributed by atoms with van der Waals surface area (Å²) in [5.74, 6) is 0. The molecule has 2 rings (SSSR count). The van der Waals surface area contributed by atoms with Crippen LogP contribution in [0.2, 0.25) is 0 Å². The monoisotopic (exact) mass is 257 g/mol. The van der Waals surface area contributed by atoms with Gasteiger partial charge in [0.05, 0.1) is 6.04 Å². The van der Waals surface area contributed by atoms with E-state index in [9.17, 15) is 4.79 Å². The van der Waals surface area contributed by atoms with Gasteiger partial charge in [-0.2, -0.15) is 0 Å². The summed E-state index contributed by atoms with van der Waals surface area (Å²) in [6.07, 6.45) is 3.45. The van der Waals surface area contributed by atoms with E-state index in [-0.39, 0.29) is 11.7 Å². The van der Waals surface area contributed by atoms with Gasteiger partial charge in [0.1, 0.15) is 0 Å². The molecule has 1 atom stereocenters. The Morgan fingerprint density at radius 2 is 2.05 bits per heavy atom. The minimum absolute atomic E-state index is 0.118. The highest BCUT2D eigenvalue weighted by Gasteiger charge is 2.11. The van der Waals surface area contributed by atoms with Crippen molar-refractivity contribution >= 4 is 0 Å². The molecular formula is C15H19N3O. The van der Waals surface area contributed by atoms with Gasteiger partial charge in [0.15, 0.2) is 0 Å². The van der Waals surface area contributed by atoms with E-state index in [0.717, 1.165) is 12.1 Å². The number of hydrogen-bond donors (Lipinski definition) is 1. The topological polar surface area (TPSA) is 46.9 Å². The molecule has 4 heteroatoms. The fourth-order valence-corrected chi connectivity index (χ4v) is 2.11.